The minimum Gasteiger partial charge on any atom is -0.387 e. The Kier molecular flexibility index (Phi) is 57.5. The second-order valence-electron chi connectivity index (χ2n) is 23.5. The van der Waals surface area contributed by atoms with Gasteiger partial charge in [-0.3, -0.25) is 13.8 Å². The first kappa shape index (κ1) is 75.7. The highest BCUT2D eigenvalue weighted by molar-refractivity contribution is 7.47. The van der Waals surface area contributed by atoms with Crippen molar-refractivity contribution in [2.45, 2.75) is 309 Å². The highest BCUT2D eigenvalue weighted by atomic mass is 31.2. The average Bonchev–Trinajstić information content (AvgIpc) is 3.41. The van der Waals surface area contributed by atoms with Crippen LogP contribution in [-0.2, 0) is 18.4 Å². The maximum absolute atomic E-state index is 13.0. The summed E-state index contributed by atoms with van der Waals surface area (Å²) in [7, 11) is 1.57. The Morgan fingerprint density at radius 2 is 0.769 bits per heavy atom. The Labute approximate surface area is 484 Å². The van der Waals surface area contributed by atoms with Crippen molar-refractivity contribution in [3.8, 4) is 0 Å². The van der Waals surface area contributed by atoms with Crippen LogP contribution < -0.4 is 5.32 Å². The lowest BCUT2D eigenvalue weighted by Crippen LogP contribution is -2.45. The van der Waals surface area contributed by atoms with Crippen molar-refractivity contribution < 1.29 is 32.9 Å². The van der Waals surface area contributed by atoms with E-state index in [4.69, 9.17) is 9.05 Å². The predicted molar refractivity (Wildman–Crippen MR) is 341 cm³/mol. The molecule has 0 aliphatic heterocycles. The Morgan fingerprint density at radius 3 is 1.13 bits per heavy atom. The number of nitrogens with one attached hydrogen (secondary N) is 1. The number of allylic oxidation sites excluding steroid dienone is 13. The normalized spacial score (nSPS) is 14.3. The fourth-order valence-electron chi connectivity index (χ4n) is 9.52. The highest BCUT2D eigenvalue weighted by Crippen LogP contribution is 2.43. The van der Waals surface area contributed by atoms with Gasteiger partial charge in [0.05, 0.1) is 39.9 Å². The lowest BCUT2D eigenvalue weighted by atomic mass is 10.0. The van der Waals surface area contributed by atoms with Crippen LogP contribution in [-0.4, -0.2) is 73.4 Å². The number of rotatable bonds is 60. The number of hydrogen-bond acceptors (Lipinski definition) is 5. The van der Waals surface area contributed by atoms with Crippen LogP contribution >= 0.6 is 7.82 Å². The molecular weight excluding hydrogens is 984 g/mol. The quantitative estimate of drug-likeness (QED) is 0.0243. The van der Waals surface area contributed by atoms with Gasteiger partial charge in [-0.05, 0) is 70.6 Å². The molecule has 3 N–H and O–H groups in total. The number of hydrogen-bond donors (Lipinski definition) is 3. The number of carbonyl (C=O) groups is 1. The van der Waals surface area contributed by atoms with Gasteiger partial charge in [0.25, 0.3) is 0 Å². The summed E-state index contributed by atoms with van der Waals surface area (Å²) in [5, 5.41) is 14.0. The van der Waals surface area contributed by atoms with Crippen LogP contribution in [0.1, 0.15) is 296 Å². The fraction of sp³-hybridized carbons (Fsp3) is 0.783. The first-order chi connectivity index (χ1) is 38.0. The Hall–Kier alpha value is -2.32. The van der Waals surface area contributed by atoms with Gasteiger partial charge < -0.3 is 19.8 Å². The molecule has 0 spiro atoms. The van der Waals surface area contributed by atoms with E-state index in [2.05, 4.69) is 92.1 Å². The first-order valence-corrected chi connectivity index (χ1v) is 34.5. The van der Waals surface area contributed by atoms with Gasteiger partial charge in [-0.1, -0.05) is 304 Å². The number of likely N-dealkylation sites (N-methyl/N-ethyl adjacent to an activating group) is 1. The molecule has 0 heterocycles. The van der Waals surface area contributed by atoms with E-state index in [1.54, 1.807) is 6.08 Å². The molecule has 0 fully saturated rings. The SMILES string of the molecule is CC/C=C\C/C=C\C/C=C\C/C=C\C/C=C\C/C=C\CCCCCCCCCCCCC(=O)NC(COP(=O)(O)OCC[N+](C)(C)C)C(O)/C=C/CCCCCCCCCCCCCCCCCCCCCCCCCCC. The third kappa shape index (κ3) is 61.3. The van der Waals surface area contributed by atoms with Crippen LogP contribution in [0.2, 0.25) is 0 Å². The highest BCUT2D eigenvalue weighted by Gasteiger charge is 2.28. The molecule has 78 heavy (non-hydrogen) atoms. The molecule has 3 atom stereocenters. The van der Waals surface area contributed by atoms with E-state index in [9.17, 15) is 19.4 Å². The van der Waals surface area contributed by atoms with Crippen LogP contribution in [0.15, 0.2) is 85.1 Å². The maximum atomic E-state index is 13.0. The van der Waals surface area contributed by atoms with Crippen molar-refractivity contribution in [1.29, 1.82) is 0 Å². The lowest BCUT2D eigenvalue weighted by Gasteiger charge is -2.25. The summed E-state index contributed by atoms with van der Waals surface area (Å²) in [6, 6.07) is -0.856. The maximum Gasteiger partial charge on any atom is 0.472 e. The number of amides is 1. The van der Waals surface area contributed by atoms with Gasteiger partial charge in [0.15, 0.2) is 0 Å². The van der Waals surface area contributed by atoms with Crippen LogP contribution in [0, 0.1) is 0 Å². The van der Waals surface area contributed by atoms with Crippen molar-refractivity contribution in [3.05, 3.63) is 85.1 Å². The molecule has 0 aliphatic carbocycles. The molecule has 0 aromatic heterocycles. The number of aliphatic hydroxyl groups excluding tert-OH is 1. The van der Waals surface area contributed by atoms with E-state index in [0.29, 0.717) is 17.4 Å². The van der Waals surface area contributed by atoms with E-state index in [-0.39, 0.29) is 19.1 Å². The molecule has 0 aliphatic rings. The van der Waals surface area contributed by atoms with E-state index in [0.717, 1.165) is 83.5 Å². The van der Waals surface area contributed by atoms with Crippen LogP contribution in [0.25, 0.3) is 0 Å². The predicted octanol–water partition coefficient (Wildman–Crippen LogP) is 20.8. The second kappa shape index (κ2) is 59.3. The largest absolute Gasteiger partial charge is 0.472 e. The van der Waals surface area contributed by atoms with Gasteiger partial charge in [-0.25, -0.2) is 4.57 Å². The summed E-state index contributed by atoms with van der Waals surface area (Å²) >= 11 is 0. The van der Waals surface area contributed by atoms with E-state index in [1.807, 2.05) is 27.2 Å². The van der Waals surface area contributed by atoms with Crippen molar-refractivity contribution in [2.24, 2.45) is 0 Å². The van der Waals surface area contributed by atoms with Crippen LogP contribution in [0.4, 0.5) is 0 Å². The summed E-state index contributed by atoms with van der Waals surface area (Å²) < 4.78 is 23.8. The molecule has 0 bridgehead atoms. The summed E-state index contributed by atoms with van der Waals surface area (Å²) in [5.41, 5.74) is 0. The molecule has 0 aromatic rings. The molecule has 0 saturated carbocycles. The Bertz CT molecular complexity index is 1550. The molecule has 1 amide bonds. The van der Waals surface area contributed by atoms with Gasteiger partial charge in [0.1, 0.15) is 13.2 Å². The lowest BCUT2D eigenvalue weighted by molar-refractivity contribution is -0.870. The standard InChI is InChI=1S/C69H127N2O6P/c1-6-8-10-12-14-16-18-20-22-24-26-28-30-32-34-35-37-39-41-43-45-47-49-51-53-55-57-59-61-63-69(73)70-67(66-77-78(74,75)76-65-64-71(3,4)5)68(72)62-60-58-56-54-52-50-48-46-44-42-40-38-36-33-31-29-27-25-23-21-19-17-15-13-11-9-7-2/h8,10,14,16,20,22,26,28,32,34,37,39,60,62,67-68,72H,6-7,9,11-13,15,17-19,21,23-25,27,29-31,33,35-36,38,40-59,61,63-66H2,1-5H3,(H-,70,73,74,75)/p+1/b10-8-,16-14-,22-20-,28-26-,34-32-,39-37-,62-60+. The van der Waals surface area contributed by atoms with Gasteiger partial charge >= 0.3 is 7.82 Å². The topological polar surface area (TPSA) is 105 Å². The monoisotopic (exact) mass is 1110 g/mol. The third-order valence-electron chi connectivity index (χ3n) is 14.6. The van der Waals surface area contributed by atoms with E-state index >= 15 is 0 Å². The number of unbranched alkanes of at least 4 members (excludes halogenated alkanes) is 35. The van der Waals surface area contributed by atoms with Crippen LogP contribution in [0.5, 0.6) is 0 Å². The molecule has 9 heteroatoms. The van der Waals surface area contributed by atoms with E-state index < -0.39 is 20.0 Å². The molecule has 0 saturated heterocycles. The molecule has 8 nitrogen and oxygen atoms in total. The van der Waals surface area contributed by atoms with Crippen molar-refractivity contribution in [3.63, 3.8) is 0 Å². The smallest absolute Gasteiger partial charge is 0.387 e. The van der Waals surface area contributed by atoms with E-state index in [1.165, 1.54) is 193 Å². The number of aliphatic hydroxyl groups is 1. The number of carbonyl (C=O) groups excluding carboxylic acids is 1. The molecule has 0 aromatic carbocycles. The van der Waals surface area contributed by atoms with Gasteiger partial charge in [0, 0.05) is 6.42 Å². The third-order valence-corrected chi connectivity index (χ3v) is 15.6. The van der Waals surface area contributed by atoms with Gasteiger partial charge in [0.2, 0.25) is 5.91 Å². The first-order valence-electron chi connectivity index (χ1n) is 33.0. The van der Waals surface area contributed by atoms with Crippen molar-refractivity contribution in [2.75, 3.05) is 40.9 Å². The molecule has 0 radical (unpaired) electrons. The number of phosphoric ester groups is 1. The van der Waals surface area contributed by atoms with Crippen molar-refractivity contribution in [1.82, 2.24) is 5.32 Å². The molecule has 454 valence electrons. The zero-order chi connectivity index (χ0) is 57.0. The van der Waals surface area contributed by atoms with Gasteiger partial charge in [-0.2, -0.15) is 0 Å². The minimum atomic E-state index is -4.36. The van der Waals surface area contributed by atoms with Crippen LogP contribution in [0.3, 0.4) is 0 Å². The Balaban J connectivity index is 4.15. The number of phosphoric acid groups is 1. The number of quaternary nitrogens is 1. The molecule has 3 unspecified atom stereocenters. The average molecular weight is 1110 g/mol. The fourth-order valence-corrected chi connectivity index (χ4v) is 10.3. The summed E-state index contributed by atoms with van der Waals surface area (Å²) in [5.74, 6) is -0.181. The summed E-state index contributed by atoms with van der Waals surface area (Å²) in [6.45, 7) is 4.73. The second-order valence-corrected chi connectivity index (χ2v) is 24.9. The number of nitrogens with zero attached hydrogens (tertiary/aromatic N) is 1. The minimum absolute atomic E-state index is 0.0576. The summed E-state index contributed by atoms with van der Waals surface area (Å²) in [6.07, 6.45) is 84.2. The zero-order valence-corrected chi connectivity index (χ0v) is 52.8. The zero-order valence-electron chi connectivity index (χ0n) is 51.9. The molecular formula is C69H128N2O6P+. The Morgan fingerprint density at radius 1 is 0.449 bits per heavy atom. The molecule has 0 rings (SSSR count). The van der Waals surface area contributed by atoms with Crippen molar-refractivity contribution >= 4 is 13.7 Å². The summed E-state index contributed by atoms with van der Waals surface area (Å²) in [4.78, 5) is 23.4. The van der Waals surface area contributed by atoms with Gasteiger partial charge in [-0.15, -0.1) is 0 Å².